The van der Waals surface area contributed by atoms with E-state index in [1.54, 1.807) is 18.3 Å². The largest absolute Gasteiger partial charge is 0.396 e. The van der Waals surface area contributed by atoms with E-state index in [2.05, 4.69) is 15.6 Å². The number of hydrogen-bond donors (Lipinski definition) is 4. The Morgan fingerprint density at radius 2 is 2.05 bits per heavy atom. The molecule has 0 spiro atoms. The van der Waals surface area contributed by atoms with Crippen LogP contribution in [0, 0.1) is 0 Å². The van der Waals surface area contributed by atoms with E-state index in [1.807, 2.05) is 12.1 Å². The first-order valence-corrected chi connectivity index (χ1v) is 5.98. The molecule has 0 radical (unpaired) electrons. The van der Waals surface area contributed by atoms with Gasteiger partial charge in [-0.3, -0.25) is 9.59 Å². The summed E-state index contributed by atoms with van der Waals surface area (Å²) in [5.74, 6) is -1.42. The molecule has 19 heavy (non-hydrogen) atoms. The molecule has 1 aromatic carbocycles. The molecule has 0 aliphatic rings. The lowest BCUT2D eigenvalue weighted by Gasteiger charge is -2.07. The zero-order chi connectivity index (χ0) is 13.7. The van der Waals surface area contributed by atoms with E-state index in [0.717, 1.165) is 10.9 Å². The Morgan fingerprint density at radius 3 is 2.84 bits per heavy atom. The van der Waals surface area contributed by atoms with Gasteiger partial charge in [0.05, 0.1) is 5.69 Å². The predicted molar refractivity (Wildman–Crippen MR) is 71.6 cm³/mol. The van der Waals surface area contributed by atoms with Crippen molar-refractivity contribution in [1.29, 1.82) is 0 Å². The van der Waals surface area contributed by atoms with Crippen LogP contribution in [0.1, 0.15) is 6.42 Å². The Bertz CT molecular complexity index is 592. The third kappa shape index (κ3) is 3.11. The first-order chi connectivity index (χ1) is 9.22. The molecule has 0 fully saturated rings. The molecule has 4 N–H and O–H groups in total. The molecule has 1 aromatic heterocycles. The van der Waals surface area contributed by atoms with E-state index in [0.29, 0.717) is 12.1 Å². The molecule has 100 valence electrons. The number of H-pyrrole nitrogens is 1. The highest BCUT2D eigenvalue weighted by Crippen LogP contribution is 2.21. The van der Waals surface area contributed by atoms with Crippen LogP contribution in [0.2, 0.25) is 0 Å². The zero-order valence-electron chi connectivity index (χ0n) is 10.3. The summed E-state index contributed by atoms with van der Waals surface area (Å²) >= 11 is 0. The van der Waals surface area contributed by atoms with Gasteiger partial charge in [-0.05, 0) is 24.6 Å². The van der Waals surface area contributed by atoms with Gasteiger partial charge in [-0.1, -0.05) is 6.07 Å². The Morgan fingerprint density at radius 1 is 1.21 bits per heavy atom. The quantitative estimate of drug-likeness (QED) is 0.479. The minimum absolute atomic E-state index is 0.0233. The van der Waals surface area contributed by atoms with Crippen molar-refractivity contribution in [3.63, 3.8) is 0 Å². The maximum Gasteiger partial charge on any atom is 0.313 e. The van der Waals surface area contributed by atoms with Crippen LogP contribution in [0.5, 0.6) is 0 Å². The van der Waals surface area contributed by atoms with E-state index < -0.39 is 11.8 Å². The van der Waals surface area contributed by atoms with Crippen molar-refractivity contribution < 1.29 is 14.7 Å². The second-order valence-corrected chi connectivity index (χ2v) is 4.03. The summed E-state index contributed by atoms with van der Waals surface area (Å²) in [6, 6.07) is 7.23. The Kier molecular flexibility index (Phi) is 4.15. The van der Waals surface area contributed by atoms with Crippen LogP contribution in [-0.4, -0.2) is 35.1 Å². The SMILES string of the molecule is O=C(NCCCO)C(=O)Nc1cccc2[nH]ccc12. The molecular formula is C13H15N3O3. The highest BCUT2D eigenvalue weighted by molar-refractivity contribution is 6.40. The topological polar surface area (TPSA) is 94.2 Å². The molecule has 0 saturated carbocycles. The molecular weight excluding hydrogens is 246 g/mol. The molecule has 0 saturated heterocycles. The number of nitrogens with one attached hydrogen (secondary N) is 3. The summed E-state index contributed by atoms with van der Waals surface area (Å²) in [6.45, 7) is 0.252. The van der Waals surface area contributed by atoms with Crippen LogP contribution in [0.15, 0.2) is 30.5 Å². The number of carbonyl (C=O) groups excluding carboxylic acids is 2. The van der Waals surface area contributed by atoms with Gasteiger partial charge >= 0.3 is 11.8 Å². The number of carbonyl (C=O) groups is 2. The van der Waals surface area contributed by atoms with Gasteiger partial charge in [0, 0.05) is 30.3 Å². The maximum absolute atomic E-state index is 11.7. The molecule has 0 aliphatic carbocycles. The van der Waals surface area contributed by atoms with Crippen LogP contribution in [0.4, 0.5) is 5.69 Å². The summed E-state index contributed by atoms with van der Waals surface area (Å²) in [4.78, 5) is 26.2. The van der Waals surface area contributed by atoms with Crippen molar-refractivity contribution in [3.05, 3.63) is 30.5 Å². The van der Waals surface area contributed by atoms with Crippen LogP contribution >= 0.6 is 0 Å². The number of hydrogen-bond acceptors (Lipinski definition) is 3. The average molecular weight is 261 g/mol. The highest BCUT2D eigenvalue weighted by atomic mass is 16.3. The van der Waals surface area contributed by atoms with Gasteiger partial charge in [0.1, 0.15) is 0 Å². The van der Waals surface area contributed by atoms with E-state index in [9.17, 15) is 9.59 Å². The molecule has 1 heterocycles. The third-order valence-corrected chi connectivity index (χ3v) is 2.67. The molecule has 6 heteroatoms. The van der Waals surface area contributed by atoms with Crippen molar-refractivity contribution in [3.8, 4) is 0 Å². The number of aliphatic hydroxyl groups is 1. The Balaban J connectivity index is 2.02. The van der Waals surface area contributed by atoms with Gasteiger partial charge in [-0.2, -0.15) is 0 Å². The number of fused-ring (bicyclic) bond motifs is 1. The fraction of sp³-hybridized carbons (Fsp3) is 0.231. The first kappa shape index (κ1) is 13.1. The van der Waals surface area contributed by atoms with Gasteiger partial charge in [-0.25, -0.2) is 0 Å². The number of anilines is 1. The zero-order valence-corrected chi connectivity index (χ0v) is 10.3. The maximum atomic E-state index is 11.7. The van der Waals surface area contributed by atoms with Gasteiger partial charge in [-0.15, -0.1) is 0 Å². The smallest absolute Gasteiger partial charge is 0.313 e. The predicted octanol–water partition coefficient (Wildman–Crippen LogP) is 0.605. The number of aliphatic hydroxyl groups excluding tert-OH is 1. The fourth-order valence-corrected chi connectivity index (χ4v) is 1.73. The molecule has 0 atom stereocenters. The molecule has 2 rings (SSSR count). The normalized spacial score (nSPS) is 10.4. The highest BCUT2D eigenvalue weighted by Gasteiger charge is 2.14. The average Bonchev–Trinajstić information content (AvgIpc) is 2.88. The van der Waals surface area contributed by atoms with Crippen LogP contribution in [0.3, 0.4) is 0 Å². The van der Waals surface area contributed by atoms with Crippen LogP contribution in [-0.2, 0) is 9.59 Å². The lowest BCUT2D eigenvalue weighted by molar-refractivity contribution is -0.136. The second kappa shape index (κ2) is 6.01. The lowest BCUT2D eigenvalue weighted by Crippen LogP contribution is -2.36. The number of amides is 2. The Labute approximate surface area is 109 Å². The molecule has 0 bridgehead atoms. The number of rotatable bonds is 4. The molecule has 0 unspecified atom stereocenters. The number of aromatic amines is 1. The van der Waals surface area contributed by atoms with E-state index in [4.69, 9.17) is 5.11 Å². The summed E-state index contributed by atoms with van der Waals surface area (Å²) in [5, 5.41) is 14.4. The van der Waals surface area contributed by atoms with Gasteiger partial charge < -0.3 is 20.7 Å². The second-order valence-electron chi connectivity index (χ2n) is 4.03. The van der Waals surface area contributed by atoms with Crippen LogP contribution < -0.4 is 10.6 Å². The molecule has 2 aromatic rings. The van der Waals surface area contributed by atoms with Gasteiger partial charge in [0.2, 0.25) is 0 Å². The minimum Gasteiger partial charge on any atom is -0.396 e. The summed E-state index contributed by atoms with van der Waals surface area (Å²) < 4.78 is 0. The molecule has 6 nitrogen and oxygen atoms in total. The first-order valence-electron chi connectivity index (χ1n) is 5.98. The van der Waals surface area contributed by atoms with Gasteiger partial charge in [0.15, 0.2) is 0 Å². The minimum atomic E-state index is -0.716. The Hall–Kier alpha value is -2.34. The van der Waals surface area contributed by atoms with Crippen molar-refractivity contribution in [1.82, 2.24) is 10.3 Å². The number of benzene rings is 1. The molecule has 0 aliphatic heterocycles. The van der Waals surface area contributed by atoms with Crippen molar-refractivity contribution >= 4 is 28.4 Å². The van der Waals surface area contributed by atoms with E-state index in [-0.39, 0.29) is 13.2 Å². The fourth-order valence-electron chi connectivity index (χ4n) is 1.73. The molecule has 2 amide bonds. The van der Waals surface area contributed by atoms with Crippen molar-refractivity contribution in [2.24, 2.45) is 0 Å². The van der Waals surface area contributed by atoms with Gasteiger partial charge in [0.25, 0.3) is 0 Å². The standard InChI is InChI=1S/C13H15N3O3/c17-8-2-6-15-12(18)13(19)16-11-4-1-3-10-9(11)5-7-14-10/h1,3-5,7,14,17H,2,6,8H2,(H,15,18)(H,16,19). The van der Waals surface area contributed by atoms with Crippen molar-refractivity contribution in [2.75, 3.05) is 18.5 Å². The lowest BCUT2D eigenvalue weighted by atomic mass is 10.2. The summed E-state index contributed by atoms with van der Waals surface area (Å²) in [6.07, 6.45) is 2.19. The van der Waals surface area contributed by atoms with E-state index >= 15 is 0 Å². The summed E-state index contributed by atoms with van der Waals surface area (Å²) in [5.41, 5.74) is 1.47. The van der Waals surface area contributed by atoms with E-state index in [1.165, 1.54) is 0 Å². The monoisotopic (exact) mass is 261 g/mol. The number of aromatic nitrogens is 1. The van der Waals surface area contributed by atoms with Crippen molar-refractivity contribution in [2.45, 2.75) is 6.42 Å². The third-order valence-electron chi connectivity index (χ3n) is 2.67. The van der Waals surface area contributed by atoms with Crippen LogP contribution in [0.25, 0.3) is 10.9 Å². The summed E-state index contributed by atoms with van der Waals surface area (Å²) in [7, 11) is 0.